The van der Waals surface area contributed by atoms with Gasteiger partial charge in [0.2, 0.25) is 6.41 Å². The minimum absolute atomic E-state index is 0.132. The number of anilines is 1. The Balaban J connectivity index is 0.000000639. The molecule has 2 unspecified atom stereocenters. The quantitative estimate of drug-likeness (QED) is 0.653. The van der Waals surface area contributed by atoms with E-state index >= 15 is 0 Å². The van der Waals surface area contributed by atoms with Crippen LogP contribution >= 0.6 is 0 Å². The van der Waals surface area contributed by atoms with Crippen molar-refractivity contribution in [3.05, 3.63) is 42.5 Å². The number of carbonyl (C=O) groups is 1. The Bertz CT molecular complexity index is 421. The van der Waals surface area contributed by atoms with Crippen LogP contribution in [0.15, 0.2) is 36.9 Å². The van der Waals surface area contributed by atoms with E-state index in [2.05, 4.69) is 25.7 Å². The Morgan fingerprint density at radius 1 is 1.41 bits per heavy atom. The summed E-state index contributed by atoms with van der Waals surface area (Å²) in [5.41, 5.74) is 1.67. The summed E-state index contributed by atoms with van der Waals surface area (Å²) in [6, 6.07) is 7.49. The number of amides is 1. The molecule has 1 aromatic rings. The van der Waals surface area contributed by atoms with Gasteiger partial charge >= 0.3 is 0 Å². The van der Waals surface area contributed by atoms with Gasteiger partial charge in [-0.05, 0) is 19.4 Å². The van der Waals surface area contributed by atoms with Gasteiger partial charge in [-0.15, -0.1) is 6.58 Å². The first-order valence-electron chi connectivity index (χ1n) is 7.80. The largest absolute Gasteiger partial charge is 0.393 e. The lowest BCUT2D eigenvalue weighted by atomic mass is 9.98. The first kappa shape index (κ1) is 20.3. The van der Waals surface area contributed by atoms with Crippen LogP contribution in [0, 0.1) is 0 Å². The molecule has 2 N–H and O–H groups in total. The van der Waals surface area contributed by atoms with E-state index in [0.29, 0.717) is 25.9 Å². The maximum Gasteiger partial charge on any atom is 0.211 e. The van der Waals surface area contributed by atoms with Crippen molar-refractivity contribution in [1.82, 2.24) is 0 Å². The zero-order chi connectivity index (χ0) is 16.8. The van der Waals surface area contributed by atoms with Crippen molar-refractivity contribution in [1.29, 1.82) is 0 Å². The molecule has 2 atom stereocenters. The number of hydrogen-bond acceptors (Lipinski definition) is 3. The summed E-state index contributed by atoms with van der Waals surface area (Å²) < 4.78 is 5.61. The van der Waals surface area contributed by atoms with E-state index in [1.54, 1.807) is 6.08 Å². The van der Waals surface area contributed by atoms with Crippen LogP contribution in [-0.4, -0.2) is 24.2 Å². The molecule has 0 saturated carbocycles. The highest BCUT2D eigenvalue weighted by Gasteiger charge is 2.23. The monoisotopic (exact) mass is 307 g/mol. The van der Waals surface area contributed by atoms with E-state index in [-0.39, 0.29) is 12.2 Å². The van der Waals surface area contributed by atoms with Gasteiger partial charge in [-0.25, -0.2) is 0 Å². The maximum absolute atomic E-state index is 10.5. The Hall–Kier alpha value is -1.65. The molecule has 2 rings (SSSR count). The smallest absolute Gasteiger partial charge is 0.211 e. The van der Waals surface area contributed by atoms with E-state index < -0.39 is 0 Å². The highest BCUT2D eigenvalue weighted by atomic mass is 16.5. The molecular formula is C18H29NO3. The number of nitrogens with one attached hydrogen (secondary N) is 1. The number of aliphatic hydroxyl groups is 1. The first-order valence-corrected chi connectivity index (χ1v) is 7.80. The summed E-state index contributed by atoms with van der Waals surface area (Å²) in [5, 5.41) is 12.2. The van der Waals surface area contributed by atoms with Crippen LogP contribution in [0.1, 0.15) is 51.7 Å². The molecule has 0 aromatic heterocycles. The van der Waals surface area contributed by atoms with Gasteiger partial charge < -0.3 is 15.2 Å². The molecule has 1 fully saturated rings. The fourth-order valence-corrected chi connectivity index (χ4v) is 1.97. The van der Waals surface area contributed by atoms with Gasteiger partial charge in [0.1, 0.15) is 0 Å². The Morgan fingerprint density at radius 3 is 2.55 bits per heavy atom. The van der Waals surface area contributed by atoms with Crippen molar-refractivity contribution in [2.75, 3.05) is 11.9 Å². The normalized spacial score (nSPS) is 19.6. The molecule has 1 aromatic carbocycles. The SMILES string of the molecule is C=CC.CCC.O=CNc1ccccc1C1CC(O)CCO1. The Kier molecular flexibility index (Phi) is 12.1. The van der Waals surface area contributed by atoms with Crippen LogP contribution in [-0.2, 0) is 9.53 Å². The number of allylic oxidation sites excluding steroid dienone is 1. The van der Waals surface area contributed by atoms with Gasteiger partial charge in [0.05, 0.1) is 12.2 Å². The van der Waals surface area contributed by atoms with E-state index in [1.807, 2.05) is 31.2 Å². The van der Waals surface area contributed by atoms with Gasteiger partial charge in [-0.2, -0.15) is 0 Å². The van der Waals surface area contributed by atoms with E-state index in [9.17, 15) is 9.90 Å². The average molecular weight is 307 g/mol. The summed E-state index contributed by atoms with van der Waals surface area (Å²) in [7, 11) is 0. The third kappa shape index (κ3) is 7.96. The topological polar surface area (TPSA) is 58.6 Å². The molecular weight excluding hydrogens is 278 g/mol. The lowest BCUT2D eigenvalue weighted by Crippen LogP contribution is -2.24. The predicted octanol–water partition coefficient (Wildman–Crippen LogP) is 4.08. The van der Waals surface area contributed by atoms with Crippen molar-refractivity contribution < 1.29 is 14.6 Å². The zero-order valence-corrected chi connectivity index (χ0v) is 13.9. The van der Waals surface area contributed by atoms with Crippen LogP contribution in [0.25, 0.3) is 0 Å². The van der Waals surface area contributed by atoms with Crippen LogP contribution in [0.5, 0.6) is 0 Å². The van der Waals surface area contributed by atoms with Gasteiger partial charge in [0, 0.05) is 24.3 Å². The molecule has 1 aliphatic rings. The molecule has 4 heteroatoms. The summed E-state index contributed by atoms with van der Waals surface area (Å²) in [4.78, 5) is 10.5. The minimum Gasteiger partial charge on any atom is -0.393 e. The Labute approximate surface area is 134 Å². The molecule has 0 bridgehead atoms. The number of aliphatic hydroxyl groups excluding tert-OH is 1. The fraction of sp³-hybridized carbons (Fsp3) is 0.500. The van der Waals surface area contributed by atoms with Crippen molar-refractivity contribution >= 4 is 12.1 Å². The van der Waals surface area contributed by atoms with Crippen LogP contribution in [0.3, 0.4) is 0 Å². The molecule has 0 radical (unpaired) electrons. The van der Waals surface area contributed by atoms with Gasteiger partial charge in [0.15, 0.2) is 0 Å². The minimum atomic E-state index is -0.317. The lowest BCUT2D eigenvalue weighted by molar-refractivity contribution is -0.105. The molecule has 0 aliphatic carbocycles. The summed E-state index contributed by atoms with van der Waals surface area (Å²) in [5.74, 6) is 0. The van der Waals surface area contributed by atoms with Gasteiger partial charge in [-0.1, -0.05) is 44.5 Å². The summed E-state index contributed by atoms with van der Waals surface area (Å²) in [6.07, 6.45) is 4.46. The Morgan fingerprint density at radius 2 is 2.00 bits per heavy atom. The number of carbonyl (C=O) groups excluding carboxylic acids is 1. The van der Waals surface area contributed by atoms with Gasteiger partial charge in [0.25, 0.3) is 0 Å². The van der Waals surface area contributed by atoms with Crippen LogP contribution in [0.4, 0.5) is 5.69 Å². The molecule has 124 valence electrons. The molecule has 0 spiro atoms. The molecule has 1 saturated heterocycles. The van der Waals surface area contributed by atoms with E-state index in [1.165, 1.54) is 6.42 Å². The highest BCUT2D eigenvalue weighted by Crippen LogP contribution is 2.32. The van der Waals surface area contributed by atoms with Crippen molar-refractivity contribution in [3.63, 3.8) is 0 Å². The standard InChI is InChI=1S/C12H15NO3.C3H8.C3H6/c14-8-13-11-4-2-1-3-10(11)12-7-9(15)5-6-16-12;2*1-3-2/h1-4,8-9,12,15H,5-7H2,(H,13,14);3H2,1-2H3;3H,1H2,2H3. The first-order chi connectivity index (χ1) is 10.6. The van der Waals surface area contributed by atoms with Gasteiger partial charge in [-0.3, -0.25) is 4.79 Å². The number of benzene rings is 1. The molecule has 1 heterocycles. The number of hydrogen-bond donors (Lipinski definition) is 2. The second-order valence-corrected chi connectivity index (χ2v) is 5.00. The molecule has 1 amide bonds. The van der Waals surface area contributed by atoms with Crippen molar-refractivity contribution in [2.45, 2.75) is 52.2 Å². The van der Waals surface area contributed by atoms with Crippen LogP contribution < -0.4 is 5.32 Å². The molecule has 4 nitrogen and oxygen atoms in total. The van der Waals surface area contributed by atoms with E-state index in [0.717, 1.165) is 11.3 Å². The summed E-state index contributed by atoms with van der Waals surface area (Å²) >= 11 is 0. The predicted molar refractivity (Wildman–Crippen MR) is 91.9 cm³/mol. The zero-order valence-electron chi connectivity index (χ0n) is 13.9. The third-order valence-corrected chi connectivity index (χ3v) is 2.78. The number of ether oxygens (including phenoxy) is 1. The van der Waals surface area contributed by atoms with Crippen molar-refractivity contribution in [2.24, 2.45) is 0 Å². The molecule has 22 heavy (non-hydrogen) atoms. The maximum atomic E-state index is 10.5. The fourth-order valence-electron chi connectivity index (χ4n) is 1.97. The average Bonchev–Trinajstić information content (AvgIpc) is 2.50. The van der Waals surface area contributed by atoms with Crippen LogP contribution in [0.2, 0.25) is 0 Å². The number of para-hydroxylation sites is 1. The van der Waals surface area contributed by atoms with E-state index in [4.69, 9.17) is 4.74 Å². The third-order valence-electron chi connectivity index (χ3n) is 2.78. The molecule has 1 aliphatic heterocycles. The van der Waals surface area contributed by atoms with Crippen molar-refractivity contribution in [3.8, 4) is 0 Å². The lowest BCUT2D eigenvalue weighted by Gasteiger charge is -2.28. The second-order valence-electron chi connectivity index (χ2n) is 5.00. The highest BCUT2D eigenvalue weighted by molar-refractivity contribution is 5.73. The summed E-state index contributed by atoms with van der Waals surface area (Å²) in [6.45, 7) is 10.1. The second kappa shape index (κ2) is 13.0. The number of rotatable bonds is 3.